The highest BCUT2D eigenvalue weighted by Crippen LogP contribution is 2.26. The first-order chi connectivity index (χ1) is 17.4. The van der Waals surface area contributed by atoms with Gasteiger partial charge in [-0.3, -0.25) is 9.69 Å². The summed E-state index contributed by atoms with van der Waals surface area (Å²) in [6.07, 6.45) is 3.41. The molecule has 0 saturated carbocycles. The van der Waals surface area contributed by atoms with E-state index >= 15 is 0 Å². The van der Waals surface area contributed by atoms with Gasteiger partial charge in [-0.2, -0.15) is 0 Å². The topological polar surface area (TPSA) is 141 Å². The van der Waals surface area contributed by atoms with Crippen LogP contribution in [0.2, 0.25) is 0 Å². The standard InChI is InChI=1S/C17H14N2O4.C9H18N2O2.ClH/c1-11-14(16(19-23-11)12-5-3-2-4-6-12)10-22-15-8-7-13(9-18-15)17(20)21;1-2-13-9(12)7-11-5-3-4-8(10)6-11;/h2-9H,10H2,1H3,(H,20,21);8H,2-7,10H2,1H3;1H. The first-order valence-electron chi connectivity index (χ1n) is 11.8. The molecule has 3 N–H and O–H groups in total. The van der Waals surface area contributed by atoms with E-state index in [1.54, 1.807) is 0 Å². The van der Waals surface area contributed by atoms with Crippen LogP contribution in [0.5, 0.6) is 5.88 Å². The number of carbonyl (C=O) groups excluding carboxylic acids is 1. The second-order valence-corrected chi connectivity index (χ2v) is 8.35. The van der Waals surface area contributed by atoms with Crippen molar-refractivity contribution in [2.24, 2.45) is 5.73 Å². The summed E-state index contributed by atoms with van der Waals surface area (Å²) in [5.41, 5.74) is 8.40. The second-order valence-electron chi connectivity index (χ2n) is 8.35. The van der Waals surface area contributed by atoms with Crippen LogP contribution in [0.1, 0.15) is 41.4 Å². The summed E-state index contributed by atoms with van der Waals surface area (Å²) in [6, 6.07) is 12.9. The van der Waals surface area contributed by atoms with Gasteiger partial charge in [-0.25, -0.2) is 9.78 Å². The van der Waals surface area contributed by atoms with E-state index in [-0.39, 0.29) is 36.6 Å². The summed E-state index contributed by atoms with van der Waals surface area (Å²) in [4.78, 5) is 28.0. The number of aromatic nitrogens is 2. The van der Waals surface area contributed by atoms with Crippen molar-refractivity contribution >= 4 is 24.3 Å². The highest BCUT2D eigenvalue weighted by atomic mass is 35.5. The Kier molecular flexibility index (Phi) is 12.0. The third kappa shape index (κ3) is 9.16. The molecule has 2 aromatic heterocycles. The van der Waals surface area contributed by atoms with E-state index in [2.05, 4.69) is 15.0 Å². The van der Waals surface area contributed by atoms with Crippen molar-refractivity contribution in [3.63, 3.8) is 0 Å². The Morgan fingerprint density at radius 1 is 1.22 bits per heavy atom. The molecule has 1 fully saturated rings. The molecule has 3 aromatic rings. The molecule has 0 spiro atoms. The molecule has 1 aliphatic rings. The van der Waals surface area contributed by atoms with Crippen LogP contribution in [0.25, 0.3) is 11.3 Å². The average Bonchev–Trinajstić information content (AvgIpc) is 3.24. The molecule has 4 rings (SSSR count). The molecule has 1 aromatic carbocycles. The van der Waals surface area contributed by atoms with Crippen molar-refractivity contribution in [3.8, 4) is 17.1 Å². The second kappa shape index (κ2) is 14.9. The van der Waals surface area contributed by atoms with E-state index < -0.39 is 5.97 Å². The van der Waals surface area contributed by atoms with Gasteiger partial charge in [0.15, 0.2) is 0 Å². The predicted octanol–water partition coefficient (Wildman–Crippen LogP) is 3.72. The van der Waals surface area contributed by atoms with Crippen molar-refractivity contribution in [1.29, 1.82) is 0 Å². The summed E-state index contributed by atoms with van der Waals surface area (Å²) in [6.45, 7) is 6.50. The van der Waals surface area contributed by atoms with Gasteiger partial charge in [-0.1, -0.05) is 35.5 Å². The van der Waals surface area contributed by atoms with Gasteiger partial charge in [-0.05, 0) is 39.3 Å². The van der Waals surface area contributed by atoms with Gasteiger partial charge in [0, 0.05) is 30.4 Å². The molecule has 11 heteroatoms. The number of aromatic carboxylic acids is 1. The Hall–Kier alpha value is -3.47. The van der Waals surface area contributed by atoms with E-state index in [1.807, 2.05) is 44.2 Å². The van der Waals surface area contributed by atoms with Gasteiger partial charge >= 0.3 is 11.9 Å². The molecule has 200 valence electrons. The molecule has 1 aliphatic heterocycles. The Balaban J connectivity index is 0.000000295. The molecule has 3 heterocycles. The minimum atomic E-state index is -1.02. The maximum Gasteiger partial charge on any atom is 0.337 e. The van der Waals surface area contributed by atoms with Crippen molar-refractivity contribution < 1.29 is 28.7 Å². The number of piperidine rings is 1. The van der Waals surface area contributed by atoms with E-state index in [4.69, 9.17) is 24.8 Å². The number of likely N-dealkylation sites (tertiary alicyclic amines) is 1. The number of carboxylic acid groups (broad SMARTS) is 1. The van der Waals surface area contributed by atoms with Crippen LogP contribution in [0.4, 0.5) is 0 Å². The summed E-state index contributed by atoms with van der Waals surface area (Å²) in [5.74, 6) is -0.150. The molecule has 0 aliphatic carbocycles. The molecule has 0 radical (unpaired) electrons. The van der Waals surface area contributed by atoms with Crippen molar-refractivity contribution in [1.82, 2.24) is 15.0 Å². The Morgan fingerprint density at radius 2 is 1.97 bits per heavy atom. The number of hydrogen-bond donors (Lipinski definition) is 2. The summed E-state index contributed by atoms with van der Waals surface area (Å²) < 4.78 is 15.7. The molecular formula is C26H33ClN4O6. The van der Waals surface area contributed by atoms with Gasteiger partial charge in [0.2, 0.25) is 5.88 Å². The third-order valence-corrected chi connectivity index (χ3v) is 5.58. The lowest BCUT2D eigenvalue weighted by Crippen LogP contribution is -2.45. The van der Waals surface area contributed by atoms with Gasteiger partial charge in [0.05, 0.1) is 24.3 Å². The quantitative estimate of drug-likeness (QED) is 0.412. The lowest BCUT2D eigenvalue weighted by molar-refractivity contribution is -0.144. The van der Waals surface area contributed by atoms with E-state index in [0.29, 0.717) is 24.8 Å². The predicted molar refractivity (Wildman–Crippen MR) is 140 cm³/mol. The minimum absolute atomic E-state index is 0. The highest BCUT2D eigenvalue weighted by Gasteiger charge is 2.19. The fourth-order valence-electron chi connectivity index (χ4n) is 3.75. The third-order valence-electron chi connectivity index (χ3n) is 5.58. The molecule has 1 saturated heterocycles. The number of nitrogens with two attached hydrogens (primary N) is 1. The monoisotopic (exact) mass is 532 g/mol. The van der Waals surface area contributed by atoms with Crippen LogP contribution in [0, 0.1) is 6.92 Å². The first kappa shape index (κ1) is 29.8. The molecule has 1 unspecified atom stereocenters. The zero-order chi connectivity index (χ0) is 25.9. The molecule has 37 heavy (non-hydrogen) atoms. The van der Waals surface area contributed by atoms with Gasteiger partial charge < -0.3 is 24.8 Å². The van der Waals surface area contributed by atoms with Crippen LogP contribution in [-0.4, -0.2) is 64.4 Å². The number of aryl methyl sites for hydroxylation is 1. The fraction of sp³-hybridized carbons (Fsp3) is 0.385. The highest BCUT2D eigenvalue weighted by molar-refractivity contribution is 5.87. The minimum Gasteiger partial charge on any atom is -0.478 e. The Morgan fingerprint density at radius 3 is 2.59 bits per heavy atom. The van der Waals surface area contributed by atoms with Crippen LogP contribution in [0.3, 0.4) is 0 Å². The average molecular weight is 533 g/mol. The maximum absolute atomic E-state index is 11.1. The Bertz CT molecular complexity index is 1120. The van der Waals surface area contributed by atoms with Crippen molar-refractivity contribution in [2.75, 3.05) is 26.2 Å². The lowest BCUT2D eigenvalue weighted by atomic mass is 10.1. The molecule has 10 nitrogen and oxygen atoms in total. The zero-order valence-electron chi connectivity index (χ0n) is 21.0. The summed E-state index contributed by atoms with van der Waals surface area (Å²) in [5, 5.41) is 12.9. The SMILES string of the molecule is CCOC(=O)CN1CCCC(N)C1.Cc1onc(-c2ccccc2)c1COc1ccc(C(=O)O)cn1.Cl. The zero-order valence-corrected chi connectivity index (χ0v) is 21.8. The summed E-state index contributed by atoms with van der Waals surface area (Å²) >= 11 is 0. The normalized spacial score (nSPS) is 15.1. The van der Waals surface area contributed by atoms with Crippen LogP contribution >= 0.6 is 12.4 Å². The van der Waals surface area contributed by atoms with Crippen molar-refractivity contribution in [2.45, 2.75) is 39.3 Å². The van der Waals surface area contributed by atoms with Gasteiger partial charge in [0.25, 0.3) is 0 Å². The number of benzene rings is 1. The smallest absolute Gasteiger partial charge is 0.337 e. The van der Waals surface area contributed by atoms with E-state index in [0.717, 1.165) is 42.8 Å². The van der Waals surface area contributed by atoms with Crippen LogP contribution in [-0.2, 0) is 16.1 Å². The number of carboxylic acids is 1. The van der Waals surface area contributed by atoms with E-state index in [1.165, 1.54) is 18.3 Å². The van der Waals surface area contributed by atoms with Crippen LogP contribution < -0.4 is 10.5 Å². The number of hydrogen-bond acceptors (Lipinski definition) is 9. The summed E-state index contributed by atoms with van der Waals surface area (Å²) in [7, 11) is 0. The fourth-order valence-corrected chi connectivity index (χ4v) is 3.75. The van der Waals surface area contributed by atoms with Crippen molar-refractivity contribution in [3.05, 3.63) is 65.5 Å². The number of halogens is 1. The number of ether oxygens (including phenoxy) is 2. The lowest BCUT2D eigenvalue weighted by Gasteiger charge is -2.29. The number of nitrogens with zero attached hydrogens (tertiary/aromatic N) is 3. The first-order valence-corrected chi connectivity index (χ1v) is 11.8. The molecule has 0 bridgehead atoms. The van der Waals surface area contributed by atoms with Crippen LogP contribution in [0.15, 0.2) is 53.2 Å². The number of rotatable bonds is 8. The number of esters is 1. The molecular weight excluding hydrogens is 500 g/mol. The number of pyridine rings is 1. The molecule has 0 amide bonds. The largest absolute Gasteiger partial charge is 0.478 e. The maximum atomic E-state index is 11.1. The number of carbonyl (C=O) groups is 2. The molecule has 1 atom stereocenters. The van der Waals surface area contributed by atoms with E-state index in [9.17, 15) is 9.59 Å². The van der Waals surface area contributed by atoms with Gasteiger partial charge in [0.1, 0.15) is 18.1 Å². The Labute approximate surface area is 222 Å². The van der Waals surface area contributed by atoms with Gasteiger partial charge in [-0.15, -0.1) is 12.4 Å².